The van der Waals surface area contributed by atoms with Gasteiger partial charge in [-0.05, 0) is 18.2 Å². The number of hydrogen-bond acceptors (Lipinski definition) is 7. The topological polar surface area (TPSA) is 104 Å². The van der Waals surface area contributed by atoms with E-state index in [1.54, 1.807) is 18.6 Å². The molecule has 0 atom stereocenters. The van der Waals surface area contributed by atoms with Gasteiger partial charge < -0.3 is 9.47 Å². The fourth-order valence-corrected chi connectivity index (χ4v) is 3.07. The number of methoxy groups -OCH3 is 1. The quantitative estimate of drug-likeness (QED) is 0.491. The molecule has 3 rings (SSSR count). The van der Waals surface area contributed by atoms with Crippen LogP contribution in [0.2, 0.25) is 0 Å². The second-order valence-corrected chi connectivity index (χ2v) is 6.16. The van der Waals surface area contributed by atoms with E-state index in [1.165, 1.54) is 29.5 Å². The molecule has 1 aromatic heterocycles. The van der Waals surface area contributed by atoms with Gasteiger partial charge in [0.1, 0.15) is 5.75 Å². The number of nitrogens with zero attached hydrogens (tertiary/aromatic N) is 2. The first-order chi connectivity index (χ1) is 13.1. The molecule has 0 fully saturated rings. The zero-order valence-electron chi connectivity index (χ0n) is 14.2. The molecule has 0 aliphatic carbocycles. The molecule has 0 saturated carbocycles. The number of para-hydroxylation sites is 3. The summed E-state index contributed by atoms with van der Waals surface area (Å²) < 4.78 is 10.6. The molecular weight excluding hydrogens is 370 g/mol. The SMILES string of the molecule is COc1ccccc1-c1csc(NC(=O)COc2ccccc2[N+](=O)[O-])n1. The van der Waals surface area contributed by atoms with Crippen LogP contribution in [0, 0.1) is 10.1 Å². The molecule has 0 bridgehead atoms. The van der Waals surface area contributed by atoms with Gasteiger partial charge in [-0.3, -0.25) is 20.2 Å². The highest BCUT2D eigenvalue weighted by Crippen LogP contribution is 2.32. The maximum absolute atomic E-state index is 12.1. The summed E-state index contributed by atoms with van der Waals surface area (Å²) in [5.74, 6) is 0.251. The monoisotopic (exact) mass is 385 g/mol. The Kier molecular flexibility index (Phi) is 5.62. The van der Waals surface area contributed by atoms with Gasteiger partial charge in [0.05, 0.1) is 17.7 Å². The fraction of sp³-hybridized carbons (Fsp3) is 0.111. The van der Waals surface area contributed by atoms with Crippen LogP contribution in [-0.4, -0.2) is 29.5 Å². The summed E-state index contributed by atoms with van der Waals surface area (Å²) in [6.45, 7) is -0.367. The third-order valence-corrected chi connectivity index (χ3v) is 4.31. The van der Waals surface area contributed by atoms with E-state index in [0.717, 1.165) is 5.56 Å². The Morgan fingerprint density at radius 3 is 2.63 bits per heavy atom. The van der Waals surface area contributed by atoms with Gasteiger partial charge in [-0.2, -0.15) is 0 Å². The molecule has 3 aromatic rings. The molecule has 1 N–H and O–H groups in total. The predicted molar refractivity (Wildman–Crippen MR) is 101 cm³/mol. The lowest BCUT2D eigenvalue weighted by Crippen LogP contribution is -2.20. The van der Waals surface area contributed by atoms with Gasteiger partial charge in [-0.1, -0.05) is 24.3 Å². The minimum absolute atomic E-state index is 0.0338. The van der Waals surface area contributed by atoms with E-state index in [0.29, 0.717) is 16.6 Å². The van der Waals surface area contributed by atoms with Crippen LogP contribution in [-0.2, 0) is 4.79 Å². The average molecular weight is 385 g/mol. The van der Waals surface area contributed by atoms with Crippen molar-refractivity contribution in [3.8, 4) is 22.8 Å². The lowest BCUT2D eigenvalue weighted by molar-refractivity contribution is -0.385. The molecule has 1 amide bonds. The van der Waals surface area contributed by atoms with Crippen LogP contribution in [0.25, 0.3) is 11.3 Å². The highest BCUT2D eigenvalue weighted by Gasteiger charge is 2.16. The predicted octanol–water partition coefficient (Wildman–Crippen LogP) is 3.74. The number of aromatic nitrogens is 1. The van der Waals surface area contributed by atoms with Crippen molar-refractivity contribution in [3.63, 3.8) is 0 Å². The second-order valence-electron chi connectivity index (χ2n) is 5.30. The minimum Gasteiger partial charge on any atom is -0.496 e. The largest absolute Gasteiger partial charge is 0.496 e. The number of hydrogen-bond donors (Lipinski definition) is 1. The first-order valence-corrected chi connectivity index (χ1v) is 8.71. The molecule has 0 spiro atoms. The van der Waals surface area contributed by atoms with Crippen LogP contribution in [0.3, 0.4) is 0 Å². The van der Waals surface area contributed by atoms with Crippen molar-refractivity contribution in [2.24, 2.45) is 0 Å². The summed E-state index contributed by atoms with van der Waals surface area (Å²) in [5, 5.41) is 15.8. The zero-order chi connectivity index (χ0) is 19.2. The van der Waals surface area contributed by atoms with E-state index in [9.17, 15) is 14.9 Å². The molecule has 0 radical (unpaired) electrons. The summed E-state index contributed by atoms with van der Waals surface area (Å²) in [5.41, 5.74) is 1.29. The maximum Gasteiger partial charge on any atom is 0.310 e. The van der Waals surface area contributed by atoms with Crippen molar-refractivity contribution in [1.29, 1.82) is 0 Å². The Hall–Kier alpha value is -3.46. The van der Waals surface area contributed by atoms with Crippen molar-refractivity contribution >= 4 is 28.1 Å². The van der Waals surface area contributed by atoms with Gasteiger partial charge in [-0.15, -0.1) is 11.3 Å². The molecule has 8 nitrogen and oxygen atoms in total. The van der Waals surface area contributed by atoms with Crippen molar-refractivity contribution in [1.82, 2.24) is 4.98 Å². The van der Waals surface area contributed by atoms with Gasteiger partial charge in [0.2, 0.25) is 0 Å². The fourth-order valence-electron chi connectivity index (χ4n) is 2.34. The molecule has 1 heterocycles. The second kappa shape index (κ2) is 8.28. The number of benzene rings is 2. The van der Waals surface area contributed by atoms with E-state index in [4.69, 9.17) is 9.47 Å². The number of ether oxygens (including phenoxy) is 2. The number of nitro benzene ring substituents is 1. The van der Waals surface area contributed by atoms with Gasteiger partial charge >= 0.3 is 5.69 Å². The van der Waals surface area contributed by atoms with Crippen molar-refractivity contribution in [2.75, 3.05) is 19.0 Å². The molecule has 2 aromatic carbocycles. The third-order valence-electron chi connectivity index (χ3n) is 3.55. The lowest BCUT2D eigenvalue weighted by atomic mass is 10.1. The number of thiazole rings is 1. The van der Waals surface area contributed by atoms with Crippen LogP contribution in [0.15, 0.2) is 53.9 Å². The third kappa shape index (κ3) is 4.39. The van der Waals surface area contributed by atoms with E-state index in [-0.39, 0.29) is 18.0 Å². The van der Waals surface area contributed by atoms with Crippen molar-refractivity contribution in [2.45, 2.75) is 0 Å². The number of carbonyl (C=O) groups is 1. The van der Waals surface area contributed by atoms with Gasteiger partial charge in [0.15, 0.2) is 17.5 Å². The molecule has 138 valence electrons. The van der Waals surface area contributed by atoms with E-state index in [2.05, 4.69) is 10.3 Å². The van der Waals surface area contributed by atoms with Crippen LogP contribution in [0.4, 0.5) is 10.8 Å². The summed E-state index contributed by atoms with van der Waals surface area (Å²) in [6.07, 6.45) is 0. The minimum atomic E-state index is -0.562. The standard InChI is InChI=1S/C18H15N3O5S/c1-25-15-8-4-2-6-12(15)13-11-27-18(19-13)20-17(22)10-26-16-9-5-3-7-14(16)21(23)24/h2-9,11H,10H2,1H3,(H,19,20,22). The normalized spacial score (nSPS) is 10.3. The number of carbonyl (C=O) groups excluding carboxylic acids is 1. The summed E-state index contributed by atoms with van der Waals surface area (Å²) in [7, 11) is 1.58. The molecule has 0 unspecified atom stereocenters. The summed E-state index contributed by atoms with van der Waals surface area (Å²) in [6, 6.07) is 13.3. The molecule has 0 aliphatic rings. The number of anilines is 1. The molecule has 0 saturated heterocycles. The molecular formula is C18H15N3O5S. The van der Waals surface area contributed by atoms with E-state index >= 15 is 0 Å². The van der Waals surface area contributed by atoms with Crippen molar-refractivity contribution < 1.29 is 19.2 Å². The molecule has 9 heteroatoms. The molecule has 27 heavy (non-hydrogen) atoms. The van der Waals surface area contributed by atoms with Gasteiger partial charge in [-0.25, -0.2) is 4.98 Å². The van der Waals surface area contributed by atoms with Crippen LogP contribution >= 0.6 is 11.3 Å². The van der Waals surface area contributed by atoms with Crippen LogP contribution in [0.5, 0.6) is 11.5 Å². The smallest absolute Gasteiger partial charge is 0.310 e. The van der Waals surface area contributed by atoms with Crippen LogP contribution in [0.1, 0.15) is 0 Å². The average Bonchev–Trinajstić information content (AvgIpc) is 3.14. The Morgan fingerprint density at radius 2 is 1.89 bits per heavy atom. The van der Waals surface area contributed by atoms with E-state index in [1.807, 2.05) is 24.3 Å². The number of rotatable bonds is 7. The van der Waals surface area contributed by atoms with Crippen LogP contribution < -0.4 is 14.8 Å². The highest BCUT2D eigenvalue weighted by atomic mass is 32.1. The Morgan fingerprint density at radius 1 is 1.19 bits per heavy atom. The Labute approximate surface area is 158 Å². The first-order valence-electron chi connectivity index (χ1n) is 7.83. The highest BCUT2D eigenvalue weighted by molar-refractivity contribution is 7.14. The van der Waals surface area contributed by atoms with Gasteiger partial charge in [0, 0.05) is 17.0 Å². The molecule has 0 aliphatic heterocycles. The number of amides is 1. The zero-order valence-corrected chi connectivity index (χ0v) is 15.1. The summed E-state index contributed by atoms with van der Waals surface area (Å²) >= 11 is 1.26. The first kappa shape index (κ1) is 18.3. The van der Waals surface area contributed by atoms with Crippen molar-refractivity contribution in [3.05, 3.63) is 64.0 Å². The maximum atomic E-state index is 12.1. The van der Waals surface area contributed by atoms with E-state index < -0.39 is 10.8 Å². The Bertz CT molecular complexity index is 973. The number of nitro groups is 1. The van der Waals surface area contributed by atoms with Gasteiger partial charge in [0.25, 0.3) is 5.91 Å². The summed E-state index contributed by atoms with van der Waals surface area (Å²) in [4.78, 5) is 26.8. The lowest BCUT2D eigenvalue weighted by Gasteiger charge is -2.06. The Balaban J connectivity index is 1.64. The number of nitrogens with one attached hydrogen (secondary N) is 1.